The topological polar surface area (TPSA) is 46.2 Å². The molecule has 0 heterocycles. The molecule has 0 saturated carbocycles. The van der Waals surface area contributed by atoms with Gasteiger partial charge in [0, 0.05) is 12.5 Å². The molecule has 0 amide bonds. The Labute approximate surface area is 81.0 Å². The molecule has 3 nitrogen and oxygen atoms in total. The lowest BCUT2D eigenvalue weighted by atomic mass is 10.2. The summed E-state index contributed by atoms with van der Waals surface area (Å²) in [5.74, 6) is 2.45. The summed E-state index contributed by atoms with van der Waals surface area (Å²) >= 11 is 0. The van der Waals surface area contributed by atoms with Crippen molar-refractivity contribution >= 4 is 10.0 Å². The van der Waals surface area contributed by atoms with Gasteiger partial charge in [0.2, 0.25) is 10.0 Å². The van der Waals surface area contributed by atoms with Crippen LogP contribution in [0.15, 0.2) is 0 Å². The van der Waals surface area contributed by atoms with Gasteiger partial charge in [0.15, 0.2) is 0 Å². The first-order chi connectivity index (χ1) is 5.94. The maximum absolute atomic E-state index is 11.4. The summed E-state index contributed by atoms with van der Waals surface area (Å²) in [6.45, 7) is 5.20. The predicted octanol–water partition coefficient (Wildman–Crippen LogP) is 1.12. The van der Waals surface area contributed by atoms with Crippen molar-refractivity contribution in [2.45, 2.75) is 44.9 Å². The van der Waals surface area contributed by atoms with Crippen LogP contribution in [-0.2, 0) is 10.0 Å². The summed E-state index contributed by atoms with van der Waals surface area (Å²) in [7, 11) is -3.18. The zero-order chi connectivity index (χ0) is 10.5. The maximum Gasteiger partial charge on any atom is 0.214 e. The summed E-state index contributed by atoms with van der Waals surface area (Å²) in [5, 5.41) is -0.403. The van der Waals surface area contributed by atoms with E-state index in [1.165, 1.54) is 0 Å². The second-order valence-electron chi connectivity index (χ2n) is 3.23. The highest BCUT2D eigenvalue weighted by Gasteiger charge is 2.19. The van der Waals surface area contributed by atoms with Crippen LogP contribution in [0.1, 0.15) is 33.6 Å². The van der Waals surface area contributed by atoms with Crippen molar-refractivity contribution in [1.82, 2.24) is 4.72 Å². The number of hydrogen-bond acceptors (Lipinski definition) is 2. The minimum atomic E-state index is -3.18. The van der Waals surface area contributed by atoms with Crippen LogP contribution in [0, 0.1) is 12.3 Å². The summed E-state index contributed by atoms with van der Waals surface area (Å²) in [5.41, 5.74) is 0. The fourth-order valence-corrected chi connectivity index (χ4v) is 1.77. The van der Waals surface area contributed by atoms with Crippen molar-refractivity contribution in [3.8, 4) is 12.3 Å². The minimum absolute atomic E-state index is 0.127. The molecule has 0 aromatic heterocycles. The summed E-state index contributed by atoms with van der Waals surface area (Å²) in [6.07, 6.45) is 6.28. The number of sulfonamides is 1. The van der Waals surface area contributed by atoms with Crippen LogP contribution in [0.2, 0.25) is 0 Å². The van der Waals surface area contributed by atoms with Gasteiger partial charge in [0.1, 0.15) is 0 Å². The molecule has 0 radical (unpaired) electrons. The quantitative estimate of drug-likeness (QED) is 0.680. The standard InChI is InChI=1S/C9H17NO2S/c1-5-7-9(6-2)10-13(11,12)8(3)4/h1,8-10H,6-7H2,2-4H3. The molecule has 1 atom stereocenters. The van der Waals surface area contributed by atoms with Crippen molar-refractivity contribution in [1.29, 1.82) is 0 Å². The molecule has 13 heavy (non-hydrogen) atoms. The number of nitrogens with one attached hydrogen (secondary N) is 1. The van der Waals surface area contributed by atoms with Gasteiger partial charge in [-0.3, -0.25) is 0 Å². The number of hydrogen-bond donors (Lipinski definition) is 1. The Morgan fingerprint density at radius 2 is 2.00 bits per heavy atom. The van der Waals surface area contributed by atoms with Gasteiger partial charge in [-0.25, -0.2) is 13.1 Å². The number of terminal acetylenes is 1. The first kappa shape index (κ1) is 12.5. The smallest absolute Gasteiger partial charge is 0.212 e. The fraction of sp³-hybridized carbons (Fsp3) is 0.778. The van der Waals surface area contributed by atoms with Crippen LogP contribution in [0.3, 0.4) is 0 Å². The fourth-order valence-electron chi connectivity index (χ4n) is 0.780. The van der Waals surface area contributed by atoms with E-state index in [2.05, 4.69) is 10.6 Å². The van der Waals surface area contributed by atoms with E-state index in [9.17, 15) is 8.42 Å². The molecular weight excluding hydrogens is 186 g/mol. The Morgan fingerprint density at radius 3 is 2.31 bits per heavy atom. The zero-order valence-corrected chi connectivity index (χ0v) is 9.19. The van der Waals surface area contributed by atoms with Gasteiger partial charge >= 0.3 is 0 Å². The van der Waals surface area contributed by atoms with Crippen molar-refractivity contribution in [2.75, 3.05) is 0 Å². The van der Waals surface area contributed by atoms with Crippen molar-refractivity contribution < 1.29 is 8.42 Å². The summed E-state index contributed by atoms with van der Waals surface area (Å²) < 4.78 is 25.4. The highest BCUT2D eigenvalue weighted by atomic mass is 32.2. The van der Waals surface area contributed by atoms with Crippen LogP contribution < -0.4 is 4.72 Å². The molecule has 0 fully saturated rings. The lowest BCUT2D eigenvalue weighted by molar-refractivity contribution is 0.536. The molecule has 4 heteroatoms. The van der Waals surface area contributed by atoms with Gasteiger partial charge in [-0.15, -0.1) is 12.3 Å². The Kier molecular flexibility index (Phi) is 5.04. The molecule has 0 aliphatic rings. The van der Waals surface area contributed by atoms with Gasteiger partial charge in [-0.1, -0.05) is 6.92 Å². The van der Waals surface area contributed by atoms with Gasteiger partial charge in [-0.05, 0) is 20.3 Å². The second-order valence-corrected chi connectivity index (χ2v) is 5.49. The largest absolute Gasteiger partial charge is 0.214 e. The highest BCUT2D eigenvalue weighted by molar-refractivity contribution is 7.90. The van der Waals surface area contributed by atoms with E-state index < -0.39 is 15.3 Å². The van der Waals surface area contributed by atoms with E-state index in [0.29, 0.717) is 6.42 Å². The van der Waals surface area contributed by atoms with Gasteiger partial charge < -0.3 is 0 Å². The molecule has 0 saturated heterocycles. The molecule has 76 valence electrons. The molecule has 0 aliphatic carbocycles. The number of rotatable bonds is 5. The van der Waals surface area contributed by atoms with E-state index in [0.717, 1.165) is 6.42 Å². The molecule has 0 bridgehead atoms. The Bertz CT molecular complexity index is 274. The van der Waals surface area contributed by atoms with Gasteiger partial charge in [0.05, 0.1) is 5.25 Å². The third-order valence-corrected chi connectivity index (χ3v) is 3.71. The third-order valence-electron chi connectivity index (χ3n) is 1.81. The monoisotopic (exact) mass is 203 g/mol. The summed E-state index contributed by atoms with van der Waals surface area (Å²) in [6, 6.07) is -0.127. The van der Waals surface area contributed by atoms with Crippen LogP contribution in [0.4, 0.5) is 0 Å². The normalized spacial score (nSPS) is 14.1. The van der Waals surface area contributed by atoms with Crippen molar-refractivity contribution in [3.05, 3.63) is 0 Å². The van der Waals surface area contributed by atoms with E-state index in [1.54, 1.807) is 13.8 Å². The van der Waals surface area contributed by atoms with Crippen molar-refractivity contribution in [3.63, 3.8) is 0 Å². The van der Waals surface area contributed by atoms with Crippen LogP contribution in [0.5, 0.6) is 0 Å². The summed E-state index contributed by atoms with van der Waals surface area (Å²) in [4.78, 5) is 0. The lowest BCUT2D eigenvalue weighted by Crippen LogP contribution is -2.38. The van der Waals surface area contributed by atoms with E-state index in [-0.39, 0.29) is 6.04 Å². The second kappa shape index (κ2) is 5.25. The first-order valence-corrected chi connectivity index (χ1v) is 5.93. The molecular formula is C9H17NO2S. The SMILES string of the molecule is C#CCC(CC)NS(=O)(=O)C(C)C. The van der Waals surface area contributed by atoms with E-state index in [1.807, 2.05) is 6.92 Å². The van der Waals surface area contributed by atoms with Crippen LogP contribution in [0.25, 0.3) is 0 Å². The zero-order valence-electron chi connectivity index (χ0n) is 8.37. The highest BCUT2D eigenvalue weighted by Crippen LogP contribution is 2.03. The van der Waals surface area contributed by atoms with E-state index >= 15 is 0 Å². The van der Waals surface area contributed by atoms with Crippen molar-refractivity contribution in [2.24, 2.45) is 0 Å². The molecule has 0 aromatic carbocycles. The van der Waals surface area contributed by atoms with Gasteiger partial charge in [0.25, 0.3) is 0 Å². The lowest BCUT2D eigenvalue weighted by Gasteiger charge is -2.16. The maximum atomic E-state index is 11.4. The third kappa shape index (κ3) is 4.30. The Balaban J connectivity index is 4.33. The molecule has 0 aromatic rings. The first-order valence-electron chi connectivity index (χ1n) is 4.38. The van der Waals surface area contributed by atoms with E-state index in [4.69, 9.17) is 6.42 Å². The molecule has 0 rings (SSSR count). The minimum Gasteiger partial charge on any atom is -0.212 e. The Hall–Kier alpha value is -0.530. The van der Waals surface area contributed by atoms with Crippen LogP contribution >= 0.6 is 0 Å². The van der Waals surface area contributed by atoms with Crippen LogP contribution in [-0.4, -0.2) is 19.7 Å². The molecule has 0 spiro atoms. The molecule has 1 N–H and O–H groups in total. The molecule has 1 unspecified atom stereocenters. The molecule has 0 aliphatic heterocycles. The Morgan fingerprint density at radius 1 is 1.46 bits per heavy atom. The average Bonchev–Trinajstić information content (AvgIpc) is 2.03. The average molecular weight is 203 g/mol. The van der Waals surface area contributed by atoms with Gasteiger partial charge in [-0.2, -0.15) is 0 Å². The predicted molar refractivity (Wildman–Crippen MR) is 54.7 cm³/mol.